The molecule has 0 aromatic heterocycles. The molecule has 0 saturated heterocycles. The zero-order valence-electron chi connectivity index (χ0n) is 11.0. The summed E-state index contributed by atoms with van der Waals surface area (Å²) in [6, 6.07) is 5.20. The SMILES string of the molecule is Cc1cc(F)ccc1CC(CCC(C)C)NN. The quantitative estimate of drug-likeness (QED) is 0.590. The van der Waals surface area contributed by atoms with Gasteiger partial charge in [-0.3, -0.25) is 11.3 Å². The second-order valence-corrected chi connectivity index (χ2v) is 5.11. The molecule has 0 amide bonds. The van der Waals surface area contributed by atoms with E-state index in [4.69, 9.17) is 5.84 Å². The zero-order valence-corrected chi connectivity index (χ0v) is 11.0. The number of nitrogens with two attached hydrogens (primary N) is 1. The standard InChI is InChI=1S/C14H23FN2/c1-10(2)4-7-14(17-16)9-12-5-6-13(15)8-11(12)3/h5-6,8,10,14,17H,4,7,9,16H2,1-3H3. The maximum atomic E-state index is 13.0. The van der Waals surface area contributed by atoms with Gasteiger partial charge in [-0.05, 0) is 55.4 Å². The van der Waals surface area contributed by atoms with Crippen molar-refractivity contribution in [1.82, 2.24) is 5.43 Å². The topological polar surface area (TPSA) is 38.0 Å². The van der Waals surface area contributed by atoms with E-state index in [0.29, 0.717) is 5.92 Å². The highest BCUT2D eigenvalue weighted by atomic mass is 19.1. The maximum absolute atomic E-state index is 13.0. The van der Waals surface area contributed by atoms with E-state index in [9.17, 15) is 4.39 Å². The van der Waals surface area contributed by atoms with Gasteiger partial charge in [-0.1, -0.05) is 19.9 Å². The fraction of sp³-hybridized carbons (Fsp3) is 0.571. The van der Waals surface area contributed by atoms with Gasteiger partial charge in [0.2, 0.25) is 0 Å². The first-order chi connectivity index (χ1) is 8.02. The van der Waals surface area contributed by atoms with Crippen molar-refractivity contribution in [2.24, 2.45) is 11.8 Å². The Morgan fingerprint density at radius 3 is 2.53 bits per heavy atom. The van der Waals surface area contributed by atoms with Crippen LogP contribution in [0.25, 0.3) is 0 Å². The summed E-state index contributed by atoms with van der Waals surface area (Å²) in [5.41, 5.74) is 5.01. The molecule has 1 aromatic rings. The Bertz CT molecular complexity index is 350. The molecule has 0 aliphatic rings. The Morgan fingerprint density at radius 1 is 1.29 bits per heavy atom. The molecule has 0 aliphatic carbocycles. The maximum Gasteiger partial charge on any atom is 0.123 e. The normalized spacial score (nSPS) is 13.1. The summed E-state index contributed by atoms with van der Waals surface area (Å²) in [6.45, 7) is 6.35. The molecular weight excluding hydrogens is 215 g/mol. The summed E-state index contributed by atoms with van der Waals surface area (Å²) in [4.78, 5) is 0. The molecule has 0 bridgehead atoms. The second kappa shape index (κ2) is 6.72. The third-order valence-electron chi connectivity index (χ3n) is 3.10. The number of aryl methyl sites for hydroxylation is 1. The predicted octanol–water partition coefficient (Wildman–Crippen LogP) is 2.94. The molecule has 3 N–H and O–H groups in total. The van der Waals surface area contributed by atoms with Crippen LogP contribution in [-0.2, 0) is 6.42 Å². The predicted molar refractivity (Wildman–Crippen MR) is 70.0 cm³/mol. The molecule has 1 rings (SSSR count). The molecule has 3 heteroatoms. The van der Waals surface area contributed by atoms with Crippen LogP contribution in [-0.4, -0.2) is 6.04 Å². The molecule has 0 saturated carbocycles. The molecule has 0 aliphatic heterocycles. The third-order valence-corrected chi connectivity index (χ3v) is 3.10. The third kappa shape index (κ3) is 4.84. The van der Waals surface area contributed by atoms with Crippen LogP contribution in [0.1, 0.15) is 37.8 Å². The molecular formula is C14H23FN2. The summed E-state index contributed by atoms with van der Waals surface area (Å²) < 4.78 is 13.0. The van der Waals surface area contributed by atoms with Crippen molar-refractivity contribution in [1.29, 1.82) is 0 Å². The van der Waals surface area contributed by atoms with E-state index in [0.717, 1.165) is 30.4 Å². The average molecular weight is 238 g/mol. The molecule has 0 fully saturated rings. The van der Waals surface area contributed by atoms with Crippen LogP contribution < -0.4 is 11.3 Å². The minimum absolute atomic E-state index is 0.175. The Hall–Kier alpha value is -0.930. The van der Waals surface area contributed by atoms with Crippen LogP contribution in [0, 0.1) is 18.7 Å². The van der Waals surface area contributed by atoms with E-state index in [1.807, 2.05) is 13.0 Å². The average Bonchev–Trinajstić information content (AvgIpc) is 2.26. The van der Waals surface area contributed by atoms with Crippen molar-refractivity contribution in [3.63, 3.8) is 0 Å². The van der Waals surface area contributed by atoms with E-state index in [-0.39, 0.29) is 11.9 Å². The van der Waals surface area contributed by atoms with Gasteiger partial charge in [0.1, 0.15) is 5.82 Å². The van der Waals surface area contributed by atoms with Crippen molar-refractivity contribution in [2.75, 3.05) is 0 Å². The van der Waals surface area contributed by atoms with Gasteiger partial charge in [0, 0.05) is 6.04 Å². The number of hydrazine groups is 1. The van der Waals surface area contributed by atoms with Crippen molar-refractivity contribution in [2.45, 2.75) is 46.1 Å². The lowest BCUT2D eigenvalue weighted by molar-refractivity contribution is 0.433. The van der Waals surface area contributed by atoms with E-state index >= 15 is 0 Å². The molecule has 1 unspecified atom stereocenters. The molecule has 1 atom stereocenters. The fourth-order valence-electron chi connectivity index (χ4n) is 1.93. The second-order valence-electron chi connectivity index (χ2n) is 5.11. The lowest BCUT2D eigenvalue weighted by atomic mass is 9.96. The molecule has 2 nitrogen and oxygen atoms in total. The van der Waals surface area contributed by atoms with Crippen LogP contribution in [0.3, 0.4) is 0 Å². The van der Waals surface area contributed by atoms with E-state index in [1.54, 1.807) is 6.07 Å². The highest BCUT2D eigenvalue weighted by Crippen LogP contribution is 2.15. The van der Waals surface area contributed by atoms with Gasteiger partial charge >= 0.3 is 0 Å². The summed E-state index contributed by atoms with van der Waals surface area (Å²) in [7, 11) is 0. The largest absolute Gasteiger partial charge is 0.271 e. The number of benzene rings is 1. The van der Waals surface area contributed by atoms with Crippen LogP contribution >= 0.6 is 0 Å². The molecule has 17 heavy (non-hydrogen) atoms. The first-order valence-electron chi connectivity index (χ1n) is 6.24. The molecule has 96 valence electrons. The lowest BCUT2D eigenvalue weighted by Gasteiger charge is -2.18. The first kappa shape index (κ1) is 14.1. The molecule has 0 radical (unpaired) electrons. The van der Waals surface area contributed by atoms with Gasteiger partial charge in [0.25, 0.3) is 0 Å². The smallest absolute Gasteiger partial charge is 0.123 e. The van der Waals surface area contributed by atoms with Crippen LogP contribution in [0.15, 0.2) is 18.2 Å². The highest BCUT2D eigenvalue weighted by Gasteiger charge is 2.10. The van der Waals surface area contributed by atoms with Crippen molar-refractivity contribution in [3.05, 3.63) is 35.1 Å². The molecule has 0 heterocycles. The van der Waals surface area contributed by atoms with Gasteiger partial charge < -0.3 is 0 Å². The van der Waals surface area contributed by atoms with Crippen molar-refractivity contribution in [3.8, 4) is 0 Å². The number of rotatable bonds is 6. The van der Waals surface area contributed by atoms with Crippen LogP contribution in [0.5, 0.6) is 0 Å². The van der Waals surface area contributed by atoms with E-state index in [2.05, 4.69) is 19.3 Å². The van der Waals surface area contributed by atoms with Gasteiger partial charge in [0.05, 0.1) is 0 Å². The summed E-state index contributed by atoms with van der Waals surface area (Å²) in [5.74, 6) is 6.07. The number of hydrogen-bond donors (Lipinski definition) is 2. The van der Waals surface area contributed by atoms with Gasteiger partial charge in [-0.2, -0.15) is 0 Å². The summed E-state index contributed by atoms with van der Waals surface area (Å²) >= 11 is 0. The highest BCUT2D eigenvalue weighted by molar-refractivity contribution is 5.27. The Labute approximate surface area is 103 Å². The number of hydrogen-bond acceptors (Lipinski definition) is 2. The van der Waals surface area contributed by atoms with E-state index < -0.39 is 0 Å². The number of halogens is 1. The van der Waals surface area contributed by atoms with Crippen molar-refractivity contribution >= 4 is 0 Å². The monoisotopic (exact) mass is 238 g/mol. The molecule has 1 aromatic carbocycles. The number of nitrogens with one attached hydrogen (secondary N) is 1. The van der Waals surface area contributed by atoms with Crippen LogP contribution in [0.4, 0.5) is 4.39 Å². The minimum Gasteiger partial charge on any atom is -0.271 e. The summed E-state index contributed by atoms with van der Waals surface area (Å²) in [6.07, 6.45) is 3.05. The van der Waals surface area contributed by atoms with Crippen LogP contribution in [0.2, 0.25) is 0 Å². The summed E-state index contributed by atoms with van der Waals surface area (Å²) in [5, 5.41) is 0. The lowest BCUT2D eigenvalue weighted by Crippen LogP contribution is -2.37. The Kier molecular flexibility index (Phi) is 5.59. The van der Waals surface area contributed by atoms with Crippen molar-refractivity contribution < 1.29 is 4.39 Å². The Morgan fingerprint density at radius 2 is 2.00 bits per heavy atom. The van der Waals surface area contributed by atoms with E-state index in [1.165, 1.54) is 6.07 Å². The first-order valence-corrected chi connectivity index (χ1v) is 6.24. The minimum atomic E-state index is -0.175. The van der Waals surface area contributed by atoms with Gasteiger partial charge in [-0.25, -0.2) is 4.39 Å². The molecule has 0 spiro atoms. The Balaban J connectivity index is 2.60. The fourth-order valence-corrected chi connectivity index (χ4v) is 1.93. The zero-order chi connectivity index (χ0) is 12.8. The van der Waals surface area contributed by atoms with Gasteiger partial charge in [0.15, 0.2) is 0 Å². The van der Waals surface area contributed by atoms with Gasteiger partial charge in [-0.15, -0.1) is 0 Å².